The summed E-state index contributed by atoms with van der Waals surface area (Å²) in [7, 11) is 0. The molecule has 2 heterocycles. The van der Waals surface area contributed by atoms with Gasteiger partial charge in [0.2, 0.25) is 5.91 Å². The van der Waals surface area contributed by atoms with Gasteiger partial charge in [0, 0.05) is 63.4 Å². The number of imidazole rings is 1. The van der Waals surface area contributed by atoms with Crippen LogP contribution >= 0.6 is 0 Å². The zero-order chi connectivity index (χ0) is 28.8. The van der Waals surface area contributed by atoms with E-state index in [9.17, 15) is 19.2 Å². The molecule has 216 valence electrons. The average molecular weight is 559 g/mol. The first kappa shape index (κ1) is 28.4. The number of nitrogens with zero attached hydrogens (tertiary/aromatic N) is 3. The van der Waals surface area contributed by atoms with Crippen LogP contribution in [-0.2, 0) is 11.3 Å². The summed E-state index contributed by atoms with van der Waals surface area (Å²) in [5.74, 6) is -0.590. The summed E-state index contributed by atoms with van der Waals surface area (Å²) in [5.41, 5.74) is 1.88. The third-order valence-corrected chi connectivity index (χ3v) is 7.93. The number of rotatable bonds is 8. The van der Waals surface area contributed by atoms with Crippen LogP contribution in [0.2, 0.25) is 0 Å². The molecule has 10 nitrogen and oxygen atoms in total. The second-order valence-electron chi connectivity index (χ2n) is 10.7. The van der Waals surface area contributed by atoms with E-state index >= 15 is 0 Å². The Bertz CT molecular complexity index is 1430. The highest BCUT2D eigenvalue weighted by Crippen LogP contribution is 2.34. The van der Waals surface area contributed by atoms with Crippen LogP contribution in [0.3, 0.4) is 0 Å². The van der Waals surface area contributed by atoms with Gasteiger partial charge in [-0.15, -0.1) is 0 Å². The molecule has 10 heteroatoms. The van der Waals surface area contributed by atoms with Gasteiger partial charge in [-0.2, -0.15) is 0 Å². The molecule has 0 radical (unpaired) electrons. The summed E-state index contributed by atoms with van der Waals surface area (Å²) >= 11 is 0. The number of hydrogen-bond donors (Lipinski definition) is 3. The van der Waals surface area contributed by atoms with Gasteiger partial charge >= 0.3 is 5.69 Å². The minimum Gasteiger partial charge on any atom is -0.352 e. The van der Waals surface area contributed by atoms with Crippen LogP contribution < -0.4 is 21.6 Å². The molecule has 0 bridgehead atoms. The Morgan fingerprint density at radius 2 is 1.59 bits per heavy atom. The van der Waals surface area contributed by atoms with Crippen LogP contribution in [0.5, 0.6) is 0 Å². The molecule has 1 unspecified atom stereocenters. The molecule has 1 saturated heterocycles. The Labute approximate surface area is 239 Å². The molecule has 2 aromatic carbocycles. The summed E-state index contributed by atoms with van der Waals surface area (Å²) in [6, 6.07) is 17.9. The largest absolute Gasteiger partial charge is 0.352 e. The van der Waals surface area contributed by atoms with Crippen LogP contribution in [-0.4, -0.2) is 70.5 Å². The lowest BCUT2D eigenvalue weighted by molar-refractivity contribution is -0.120. The van der Waals surface area contributed by atoms with E-state index in [1.165, 1.54) is 11.5 Å². The van der Waals surface area contributed by atoms with E-state index in [0.29, 0.717) is 49.6 Å². The van der Waals surface area contributed by atoms with Crippen molar-refractivity contribution in [2.24, 2.45) is 0 Å². The molecule has 1 aromatic heterocycles. The predicted octanol–water partition coefficient (Wildman–Crippen LogP) is 2.41. The fraction of sp³-hybridized carbons (Fsp3) is 0.419. The van der Waals surface area contributed by atoms with Crippen LogP contribution in [0.15, 0.2) is 65.5 Å². The SMILES string of the molecule is CC(=O)N[C@H]1CCCCC1n1c(-c2ccccc2)c(C(=O)N2CCNCC2)n(CCNC(=O)c2ccccc2)c1=O. The van der Waals surface area contributed by atoms with Crippen molar-refractivity contribution in [3.8, 4) is 11.3 Å². The fourth-order valence-corrected chi connectivity index (χ4v) is 6.01. The van der Waals surface area contributed by atoms with Crippen molar-refractivity contribution in [1.29, 1.82) is 0 Å². The van der Waals surface area contributed by atoms with Gasteiger partial charge in [0.05, 0.1) is 11.7 Å². The first-order valence-electron chi connectivity index (χ1n) is 14.5. The van der Waals surface area contributed by atoms with Crippen LogP contribution in [0.1, 0.15) is 59.5 Å². The van der Waals surface area contributed by atoms with Gasteiger partial charge < -0.3 is 20.9 Å². The van der Waals surface area contributed by atoms with Gasteiger partial charge in [0.15, 0.2) is 0 Å². The van der Waals surface area contributed by atoms with Gasteiger partial charge in [-0.3, -0.25) is 23.5 Å². The zero-order valence-corrected chi connectivity index (χ0v) is 23.5. The van der Waals surface area contributed by atoms with Crippen molar-refractivity contribution in [1.82, 2.24) is 30.0 Å². The standard InChI is InChI=1S/C31H38N6O4/c1-22(38)34-25-14-8-9-15-26(25)37-27(23-10-4-2-5-11-23)28(30(40)35-19-16-32-17-20-35)36(31(37)41)21-18-33-29(39)24-12-6-3-7-13-24/h2-7,10-13,25-26,32H,8-9,14-21H2,1H3,(H,33,39)(H,34,38)/t25-,26?/m0/s1. The Hall–Kier alpha value is -4.18. The second-order valence-corrected chi connectivity index (χ2v) is 10.7. The summed E-state index contributed by atoms with van der Waals surface area (Å²) in [6.07, 6.45) is 3.33. The Kier molecular flexibility index (Phi) is 8.98. The van der Waals surface area contributed by atoms with Crippen molar-refractivity contribution in [2.75, 3.05) is 32.7 Å². The molecule has 0 spiro atoms. The Morgan fingerprint density at radius 3 is 2.27 bits per heavy atom. The summed E-state index contributed by atoms with van der Waals surface area (Å²) in [4.78, 5) is 55.2. The van der Waals surface area contributed by atoms with Crippen molar-refractivity contribution < 1.29 is 14.4 Å². The van der Waals surface area contributed by atoms with E-state index in [-0.39, 0.29) is 48.6 Å². The number of aromatic nitrogens is 2. The molecule has 2 atom stereocenters. The molecule has 3 aromatic rings. The fourth-order valence-electron chi connectivity index (χ4n) is 6.01. The van der Waals surface area contributed by atoms with E-state index in [1.807, 2.05) is 36.4 Å². The molecule has 3 N–H and O–H groups in total. The number of carbonyl (C=O) groups is 3. The molecule has 3 amide bonds. The maximum atomic E-state index is 14.4. The lowest BCUT2D eigenvalue weighted by Gasteiger charge is -2.33. The highest BCUT2D eigenvalue weighted by Gasteiger charge is 2.36. The lowest BCUT2D eigenvalue weighted by Crippen LogP contribution is -2.47. The van der Waals surface area contributed by atoms with E-state index in [4.69, 9.17) is 0 Å². The number of carbonyl (C=O) groups excluding carboxylic acids is 3. The summed E-state index contributed by atoms with van der Waals surface area (Å²) in [5, 5.41) is 9.25. The minimum absolute atomic E-state index is 0.134. The third kappa shape index (κ3) is 6.27. The number of piperazine rings is 1. The summed E-state index contributed by atoms with van der Waals surface area (Å²) < 4.78 is 3.26. The molecule has 2 aliphatic rings. The van der Waals surface area contributed by atoms with Crippen LogP contribution in [0, 0.1) is 0 Å². The average Bonchev–Trinajstić information content (AvgIpc) is 3.29. The summed E-state index contributed by atoms with van der Waals surface area (Å²) in [6.45, 7) is 4.23. The predicted molar refractivity (Wildman–Crippen MR) is 157 cm³/mol. The zero-order valence-electron chi connectivity index (χ0n) is 23.5. The van der Waals surface area contributed by atoms with Crippen molar-refractivity contribution in [2.45, 2.75) is 51.2 Å². The number of amides is 3. The van der Waals surface area contributed by atoms with Gasteiger partial charge in [0.1, 0.15) is 5.69 Å². The molecule has 1 aliphatic carbocycles. The van der Waals surface area contributed by atoms with Gasteiger partial charge in [-0.1, -0.05) is 61.4 Å². The monoisotopic (exact) mass is 558 g/mol. The quantitative estimate of drug-likeness (QED) is 0.393. The van der Waals surface area contributed by atoms with Crippen molar-refractivity contribution >= 4 is 17.7 Å². The highest BCUT2D eigenvalue weighted by atomic mass is 16.2. The number of hydrogen-bond acceptors (Lipinski definition) is 5. The van der Waals surface area contributed by atoms with Gasteiger partial charge in [-0.25, -0.2) is 4.79 Å². The molecule has 1 saturated carbocycles. The first-order chi connectivity index (χ1) is 20.0. The van der Waals surface area contributed by atoms with E-state index in [0.717, 1.165) is 24.8 Å². The first-order valence-corrected chi connectivity index (χ1v) is 14.5. The Balaban J connectivity index is 1.60. The van der Waals surface area contributed by atoms with Crippen LogP contribution in [0.4, 0.5) is 0 Å². The second kappa shape index (κ2) is 13.0. The third-order valence-electron chi connectivity index (χ3n) is 7.93. The van der Waals surface area contributed by atoms with Gasteiger partial charge in [-0.05, 0) is 25.0 Å². The molecule has 2 fully saturated rings. The number of benzene rings is 2. The lowest BCUT2D eigenvalue weighted by atomic mass is 9.89. The normalized spacial score (nSPS) is 19.0. The maximum absolute atomic E-state index is 14.4. The molecule has 5 rings (SSSR count). The van der Waals surface area contributed by atoms with E-state index < -0.39 is 0 Å². The highest BCUT2D eigenvalue weighted by molar-refractivity contribution is 5.99. The van der Waals surface area contributed by atoms with E-state index in [1.54, 1.807) is 33.7 Å². The minimum atomic E-state index is -0.307. The van der Waals surface area contributed by atoms with Crippen molar-refractivity contribution in [3.05, 3.63) is 82.4 Å². The molecule has 1 aliphatic heterocycles. The molecule has 41 heavy (non-hydrogen) atoms. The van der Waals surface area contributed by atoms with E-state index in [2.05, 4.69) is 16.0 Å². The van der Waals surface area contributed by atoms with Gasteiger partial charge in [0.25, 0.3) is 11.8 Å². The maximum Gasteiger partial charge on any atom is 0.329 e. The Morgan fingerprint density at radius 1 is 0.927 bits per heavy atom. The number of nitrogens with one attached hydrogen (secondary N) is 3. The molecular formula is C31H38N6O4. The smallest absolute Gasteiger partial charge is 0.329 e. The van der Waals surface area contributed by atoms with Crippen LogP contribution in [0.25, 0.3) is 11.3 Å². The van der Waals surface area contributed by atoms with Crippen molar-refractivity contribution in [3.63, 3.8) is 0 Å². The topological polar surface area (TPSA) is 117 Å². The molecular weight excluding hydrogens is 520 g/mol.